The molecule has 6 rings (SSSR count). The van der Waals surface area contributed by atoms with E-state index in [2.05, 4.69) is 13.8 Å². The summed E-state index contributed by atoms with van der Waals surface area (Å²) in [5.41, 5.74) is 0.477. The molecule has 4 aliphatic carbocycles. The molecule has 4 nitrogen and oxygen atoms in total. The van der Waals surface area contributed by atoms with E-state index >= 15 is 0 Å². The van der Waals surface area contributed by atoms with Crippen LogP contribution in [0.15, 0.2) is 0 Å². The number of ether oxygens (including phenoxy) is 3. The molecule has 2 saturated heterocycles. The van der Waals surface area contributed by atoms with Crippen LogP contribution >= 0.6 is 0 Å². The van der Waals surface area contributed by atoms with Crippen LogP contribution in [0.1, 0.15) is 65.7 Å². The first kappa shape index (κ1) is 15.4. The van der Waals surface area contributed by atoms with Crippen molar-refractivity contribution in [3.8, 4) is 0 Å². The first-order valence-electron chi connectivity index (χ1n) is 10.4. The Labute approximate surface area is 150 Å². The number of esters is 1. The number of hydrogen-bond donors (Lipinski definition) is 0. The largest absolute Gasteiger partial charge is 0.430 e. The Hall–Kier alpha value is -0.610. The molecule has 0 unspecified atom stereocenters. The molecule has 0 N–H and O–H groups in total. The maximum atomic E-state index is 11.7. The fourth-order valence-electron chi connectivity index (χ4n) is 8.24. The lowest BCUT2D eigenvalue weighted by molar-refractivity contribution is -0.198. The normalized spacial score (nSPS) is 63.4. The highest BCUT2D eigenvalue weighted by Crippen LogP contribution is 2.74. The summed E-state index contributed by atoms with van der Waals surface area (Å²) in [4.78, 5) is 11.7. The van der Waals surface area contributed by atoms with Crippen LogP contribution in [-0.4, -0.2) is 30.1 Å². The fraction of sp³-hybridized carbons (Fsp3) is 0.952. The Kier molecular flexibility index (Phi) is 2.74. The third-order valence-corrected chi connectivity index (χ3v) is 9.54. The van der Waals surface area contributed by atoms with Crippen molar-refractivity contribution in [2.45, 2.75) is 89.8 Å². The van der Waals surface area contributed by atoms with Gasteiger partial charge in [0.1, 0.15) is 6.10 Å². The summed E-state index contributed by atoms with van der Waals surface area (Å²) >= 11 is 0. The van der Waals surface area contributed by atoms with Crippen molar-refractivity contribution >= 4 is 5.97 Å². The molecule has 0 aromatic rings. The molecule has 138 valence electrons. The van der Waals surface area contributed by atoms with Gasteiger partial charge in [0.25, 0.3) is 0 Å². The maximum absolute atomic E-state index is 11.7. The number of rotatable bonds is 1. The first-order chi connectivity index (χ1) is 11.9. The van der Waals surface area contributed by atoms with Gasteiger partial charge in [0, 0.05) is 12.3 Å². The van der Waals surface area contributed by atoms with Gasteiger partial charge in [0.2, 0.25) is 5.79 Å². The zero-order valence-corrected chi connectivity index (χ0v) is 15.6. The van der Waals surface area contributed by atoms with Gasteiger partial charge in [-0.1, -0.05) is 13.8 Å². The number of fused-ring (bicyclic) bond motifs is 8. The highest BCUT2D eigenvalue weighted by molar-refractivity contribution is 5.67. The Morgan fingerprint density at radius 1 is 1.08 bits per heavy atom. The van der Waals surface area contributed by atoms with E-state index in [-0.39, 0.29) is 17.5 Å². The Bertz CT molecular complexity index is 648. The summed E-state index contributed by atoms with van der Waals surface area (Å²) in [6.07, 6.45) is 10.1. The molecule has 0 aromatic carbocycles. The first-order valence-corrected chi connectivity index (χ1v) is 10.4. The van der Waals surface area contributed by atoms with E-state index in [9.17, 15) is 4.79 Å². The van der Waals surface area contributed by atoms with E-state index in [4.69, 9.17) is 14.2 Å². The molecule has 0 spiro atoms. The minimum atomic E-state index is -0.594. The van der Waals surface area contributed by atoms with Crippen LogP contribution in [0, 0.1) is 34.5 Å². The molecule has 10 atom stereocenters. The topological polar surface area (TPSA) is 51.4 Å². The summed E-state index contributed by atoms with van der Waals surface area (Å²) < 4.78 is 17.7. The third-order valence-electron chi connectivity index (χ3n) is 9.54. The number of carbonyl (C=O) groups is 1. The van der Waals surface area contributed by atoms with Gasteiger partial charge in [-0.3, -0.25) is 4.79 Å². The van der Waals surface area contributed by atoms with Crippen molar-refractivity contribution in [2.24, 2.45) is 34.5 Å². The average molecular weight is 346 g/mol. The molecule has 2 aliphatic heterocycles. The molecule has 25 heavy (non-hydrogen) atoms. The summed E-state index contributed by atoms with van der Waals surface area (Å²) in [5.74, 6) is 2.33. The van der Waals surface area contributed by atoms with Crippen LogP contribution in [0.5, 0.6) is 0 Å². The van der Waals surface area contributed by atoms with E-state index in [0.29, 0.717) is 23.5 Å². The second-order valence-electron chi connectivity index (χ2n) is 10.4. The minimum absolute atomic E-state index is 0.0149. The van der Waals surface area contributed by atoms with E-state index in [0.717, 1.165) is 30.6 Å². The highest BCUT2D eigenvalue weighted by Gasteiger charge is 2.80. The molecule has 0 aromatic heterocycles. The molecule has 0 radical (unpaired) electrons. The molecular formula is C21H30O4. The zero-order chi connectivity index (χ0) is 17.2. The molecule has 6 fully saturated rings. The van der Waals surface area contributed by atoms with Crippen LogP contribution in [0.2, 0.25) is 0 Å². The van der Waals surface area contributed by atoms with Crippen molar-refractivity contribution in [2.75, 3.05) is 0 Å². The van der Waals surface area contributed by atoms with Crippen LogP contribution in [0.25, 0.3) is 0 Å². The predicted molar refractivity (Wildman–Crippen MR) is 90.5 cm³/mol. The molecule has 6 aliphatic rings. The minimum Gasteiger partial charge on any atom is -0.430 e. The van der Waals surface area contributed by atoms with Crippen LogP contribution < -0.4 is 0 Å². The Morgan fingerprint density at radius 3 is 2.72 bits per heavy atom. The maximum Gasteiger partial charge on any atom is 0.305 e. The molecular weight excluding hydrogens is 316 g/mol. The Balaban J connectivity index is 1.32. The summed E-state index contributed by atoms with van der Waals surface area (Å²) in [5, 5.41) is 0. The van der Waals surface area contributed by atoms with Gasteiger partial charge in [-0.15, -0.1) is 0 Å². The lowest BCUT2D eigenvalue weighted by Crippen LogP contribution is -2.56. The van der Waals surface area contributed by atoms with Crippen molar-refractivity contribution in [1.82, 2.24) is 0 Å². The van der Waals surface area contributed by atoms with E-state index in [1.54, 1.807) is 0 Å². The van der Waals surface area contributed by atoms with Crippen molar-refractivity contribution < 1.29 is 19.0 Å². The second-order valence-corrected chi connectivity index (χ2v) is 10.4. The lowest BCUT2D eigenvalue weighted by Gasteiger charge is -2.60. The van der Waals surface area contributed by atoms with Crippen LogP contribution in [-0.2, 0) is 19.0 Å². The smallest absolute Gasteiger partial charge is 0.305 e. The third kappa shape index (κ3) is 1.74. The van der Waals surface area contributed by atoms with Crippen molar-refractivity contribution in [3.63, 3.8) is 0 Å². The number of carbonyl (C=O) groups excluding carboxylic acids is 1. The molecule has 0 amide bonds. The molecule has 0 bridgehead atoms. The van der Waals surface area contributed by atoms with Gasteiger partial charge in [-0.2, -0.15) is 0 Å². The zero-order valence-electron chi connectivity index (χ0n) is 15.6. The fourth-order valence-corrected chi connectivity index (χ4v) is 8.24. The van der Waals surface area contributed by atoms with Gasteiger partial charge in [-0.25, -0.2) is 0 Å². The van der Waals surface area contributed by atoms with Crippen LogP contribution in [0.4, 0.5) is 0 Å². The van der Waals surface area contributed by atoms with Crippen molar-refractivity contribution in [3.05, 3.63) is 0 Å². The quantitative estimate of drug-likeness (QED) is 0.537. The predicted octanol–water partition coefficient (Wildman–Crippen LogP) is 3.67. The van der Waals surface area contributed by atoms with E-state index in [1.165, 1.54) is 39.0 Å². The van der Waals surface area contributed by atoms with Gasteiger partial charge in [-0.05, 0) is 74.0 Å². The average Bonchev–Trinajstić information content (AvgIpc) is 3.42. The Morgan fingerprint density at radius 2 is 1.92 bits per heavy atom. The summed E-state index contributed by atoms with van der Waals surface area (Å²) in [7, 11) is 0. The summed E-state index contributed by atoms with van der Waals surface area (Å²) in [6.45, 7) is 6.44. The standard InChI is InChI=1S/C21H30O4/c1-11(22)24-21-18(25-21)9-15-13-5-4-12-8-16-17(23-16)10-19(12,2)14(13)6-7-20(15,21)3/h12-18H,4-10H2,1-3H3/t12-,13+,14-,15-,16+,17-,18-,19-,20-,21-/m0/s1. The SMILES string of the molecule is CC(=O)O[C@]12O[C@H]1C[C@H]1[C@@H]3CC[C@H]4C[C@H]5O[C@H]5C[C@]4(C)[C@H]3CC[C@@]12C. The molecule has 4 heteroatoms. The monoisotopic (exact) mass is 346 g/mol. The van der Waals surface area contributed by atoms with Crippen molar-refractivity contribution in [1.29, 1.82) is 0 Å². The van der Waals surface area contributed by atoms with Gasteiger partial charge in [0.15, 0.2) is 0 Å². The molecule has 4 saturated carbocycles. The van der Waals surface area contributed by atoms with Gasteiger partial charge in [0.05, 0.1) is 12.2 Å². The second kappa shape index (κ2) is 4.44. The number of epoxide rings is 2. The van der Waals surface area contributed by atoms with Gasteiger partial charge >= 0.3 is 5.97 Å². The van der Waals surface area contributed by atoms with E-state index in [1.807, 2.05) is 0 Å². The molecule has 2 heterocycles. The van der Waals surface area contributed by atoms with Gasteiger partial charge < -0.3 is 14.2 Å². The number of hydrogen-bond acceptors (Lipinski definition) is 4. The highest BCUT2D eigenvalue weighted by atomic mass is 16.8. The van der Waals surface area contributed by atoms with Crippen LogP contribution in [0.3, 0.4) is 0 Å². The van der Waals surface area contributed by atoms with E-state index < -0.39 is 5.79 Å². The lowest BCUT2D eigenvalue weighted by atomic mass is 9.45. The summed E-state index contributed by atoms with van der Waals surface area (Å²) in [6, 6.07) is 0.